The van der Waals surface area contributed by atoms with Gasteiger partial charge in [0.1, 0.15) is 6.54 Å². The number of alkyl halides is 4. The zero-order valence-electron chi connectivity index (χ0n) is 18.5. The van der Waals surface area contributed by atoms with Gasteiger partial charge in [-0.25, -0.2) is 4.68 Å². The van der Waals surface area contributed by atoms with E-state index >= 15 is 0 Å². The lowest BCUT2D eigenvalue weighted by molar-refractivity contribution is -0.123. The molecule has 34 heavy (non-hydrogen) atoms. The summed E-state index contributed by atoms with van der Waals surface area (Å²) in [5.74, 6) is -1.26. The fraction of sp³-hybridized carbons (Fsp3) is 0.545. The molecule has 1 aliphatic heterocycles. The van der Waals surface area contributed by atoms with Crippen molar-refractivity contribution >= 4 is 11.8 Å². The molecule has 186 valence electrons. The van der Waals surface area contributed by atoms with Crippen molar-refractivity contribution in [2.45, 2.75) is 50.8 Å². The van der Waals surface area contributed by atoms with E-state index in [1.807, 2.05) is 5.32 Å². The third-order valence-corrected chi connectivity index (χ3v) is 5.36. The molecule has 2 aromatic rings. The van der Waals surface area contributed by atoms with E-state index in [0.29, 0.717) is 50.2 Å². The van der Waals surface area contributed by atoms with Crippen molar-refractivity contribution in [1.82, 2.24) is 25.6 Å². The highest BCUT2D eigenvalue weighted by Gasteiger charge is 2.28. The van der Waals surface area contributed by atoms with Gasteiger partial charge in [0.05, 0.1) is 24.2 Å². The van der Waals surface area contributed by atoms with E-state index in [-0.39, 0.29) is 17.4 Å². The van der Waals surface area contributed by atoms with Crippen molar-refractivity contribution in [1.29, 1.82) is 0 Å². The summed E-state index contributed by atoms with van der Waals surface area (Å²) in [7, 11) is 0. The van der Waals surface area contributed by atoms with Gasteiger partial charge in [0.15, 0.2) is 5.69 Å². The van der Waals surface area contributed by atoms with E-state index in [2.05, 4.69) is 15.6 Å². The first kappa shape index (κ1) is 25.6. The molecule has 2 amide bonds. The second kappa shape index (κ2) is 11.9. The van der Waals surface area contributed by atoms with Crippen LogP contribution in [0.3, 0.4) is 0 Å². The van der Waals surface area contributed by atoms with Crippen LogP contribution in [0.2, 0.25) is 0 Å². The maximum Gasteiger partial charge on any atom is 0.405 e. The molecule has 1 aromatic carbocycles. The Morgan fingerprint density at radius 2 is 1.85 bits per heavy atom. The number of hydrogen-bond donors (Lipinski definition) is 2. The molecule has 2 N–H and O–H groups in total. The zero-order valence-corrected chi connectivity index (χ0v) is 18.5. The van der Waals surface area contributed by atoms with E-state index in [9.17, 15) is 27.2 Å². The van der Waals surface area contributed by atoms with Crippen molar-refractivity contribution in [2.24, 2.45) is 0 Å². The first-order chi connectivity index (χ1) is 16.3. The molecule has 1 fully saturated rings. The van der Waals surface area contributed by atoms with Crippen LogP contribution in [-0.4, -0.2) is 65.5 Å². The highest BCUT2D eigenvalue weighted by atomic mass is 19.4. The molecule has 8 nitrogen and oxygen atoms in total. The maximum absolute atomic E-state index is 12.8. The number of amides is 2. The van der Waals surface area contributed by atoms with Crippen molar-refractivity contribution in [3.8, 4) is 5.69 Å². The largest absolute Gasteiger partial charge is 0.405 e. The highest BCUT2D eigenvalue weighted by molar-refractivity contribution is 5.94. The van der Waals surface area contributed by atoms with Crippen LogP contribution in [0.5, 0.6) is 0 Å². The van der Waals surface area contributed by atoms with Crippen LogP contribution in [-0.2, 0) is 11.2 Å². The summed E-state index contributed by atoms with van der Waals surface area (Å²) in [5, 5.41) is 12.7. The van der Waals surface area contributed by atoms with Gasteiger partial charge in [-0.3, -0.25) is 14.0 Å². The Balaban J connectivity index is 1.75. The van der Waals surface area contributed by atoms with Gasteiger partial charge < -0.3 is 15.4 Å². The van der Waals surface area contributed by atoms with Crippen molar-refractivity contribution in [3.05, 3.63) is 41.2 Å². The van der Waals surface area contributed by atoms with Gasteiger partial charge in [-0.1, -0.05) is 11.6 Å². The number of carbonyl (C=O) groups is 2. The zero-order chi connectivity index (χ0) is 24.6. The SMILES string of the molecule is O=C(NCC(F)(F)F)c1ccc(-n2nnc(C(=O)NCC3CCCO3)c2CCCCCF)cc1. The summed E-state index contributed by atoms with van der Waals surface area (Å²) < 4.78 is 56.4. The van der Waals surface area contributed by atoms with Crippen LogP contribution in [0, 0.1) is 0 Å². The van der Waals surface area contributed by atoms with Crippen LogP contribution in [0.15, 0.2) is 24.3 Å². The molecular formula is C22H27F4N5O3. The Morgan fingerprint density at radius 3 is 2.50 bits per heavy atom. The third-order valence-electron chi connectivity index (χ3n) is 5.36. The minimum atomic E-state index is -4.51. The molecule has 3 rings (SSSR count). The van der Waals surface area contributed by atoms with Crippen LogP contribution >= 0.6 is 0 Å². The van der Waals surface area contributed by atoms with E-state index < -0.39 is 31.2 Å². The minimum absolute atomic E-state index is 0.0389. The summed E-state index contributed by atoms with van der Waals surface area (Å²) in [5.41, 5.74) is 1.20. The Kier molecular flexibility index (Phi) is 8.97. The van der Waals surface area contributed by atoms with Crippen LogP contribution in [0.25, 0.3) is 5.69 Å². The Labute approximate surface area is 194 Å². The van der Waals surface area contributed by atoms with Gasteiger partial charge in [-0.05, 0) is 56.4 Å². The number of unbranched alkanes of at least 4 members (excludes halogenated alkanes) is 2. The Morgan fingerprint density at radius 1 is 1.09 bits per heavy atom. The number of hydrogen-bond acceptors (Lipinski definition) is 5. The van der Waals surface area contributed by atoms with Gasteiger partial charge in [-0.15, -0.1) is 5.10 Å². The first-order valence-electron chi connectivity index (χ1n) is 11.1. The summed E-state index contributed by atoms with van der Waals surface area (Å²) in [6, 6.07) is 5.76. The van der Waals surface area contributed by atoms with Crippen LogP contribution in [0.1, 0.15) is 58.6 Å². The molecular weight excluding hydrogens is 458 g/mol. The second-order valence-electron chi connectivity index (χ2n) is 7.99. The topological polar surface area (TPSA) is 98.1 Å². The van der Waals surface area contributed by atoms with Crippen molar-refractivity contribution in [3.63, 3.8) is 0 Å². The molecule has 0 spiro atoms. The number of benzene rings is 1. The first-order valence-corrected chi connectivity index (χ1v) is 11.1. The molecule has 0 aliphatic carbocycles. The molecule has 1 saturated heterocycles. The van der Waals surface area contributed by atoms with Gasteiger partial charge in [-0.2, -0.15) is 13.2 Å². The molecule has 0 saturated carbocycles. The Hall–Kier alpha value is -3.02. The number of ether oxygens (including phenoxy) is 1. The van der Waals surface area contributed by atoms with E-state index in [4.69, 9.17) is 4.74 Å². The maximum atomic E-state index is 12.8. The van der Waals surface area contributed by atoms with E-state index in [1.54, 1.807) is 0 Å². The standard InChI is InChI=1S/C22H27F4N5O3/c23-11-3-1-2-6-18-19(21(33)27-13-17-5-4-12-34-17)29-30-31(18)16-9-7-15(8-10-16)20(32)28-14-22(24,25)26/h7-10,17H,1-6,11-14H2,(H,27,33)(H,28,32). The second-order valence-corrected chi connectivity index (χ2v) is 7.99. The Bertz CT molecular complexity index is 956. The number of halogens is 4. The quantitative estimate of drug-likeness (QED) is 0.377. The number of nitrogens with zero attached hydrogens (tertiary/aromatic N) is 3. The van der Waals surface area contributed by atoms with Crippen LogP contribution < -0.4 is 10.6 Å². The summed E-state index contributed by atoms with van der Waals surface area (Å²) in [6.45, 7) is -0.830. The molecule has 0 bridgehead atoms. The third kappa shape index (κ3) is 7.24. The molecule has 1 aliphatic rings. The van der Waals surface area contributed by atoms with Crippen molar-refractivity contribution < 1.29 is 31.9 Å². The smallest absolute Gasteiger partial charge is 0.376 e. The number of aromatic nitrogens is 3. The lowest BCUT2D eigenvalue weighted by Crippen LogP contribution is -2.33. The lowest BCUT2D eigenvalue weighted by atomic mass is 10.1. The molecule has 2 heterocycles. The summed E-state index contributed by atoms with van der Waals surface area (Å²) in [4.78, 5) is 24.7. The number of rotatable bonds is 11. The molecule has 0 radical (unpaired) electrons. The highest BCUT2D eigenvalue weighted by Crippen LogP contribution is 2.18. The minimum Gasteiger partial charge on any atom is -0.376 e. The molecule has 1 atom stereocenters. The average Bonchev–Trinajstić information content (AvgIpc) is 3.48. The predicted molar refractivity (Wildman–Crippen MR) is 115 cm³/mol. The lowest BCUT2D eigenvalue weighted by Gasteiger charge is -2.12. The van der Waals surface area contributed by atoms with Gasteiger partial charge in [0.2, 0.25) is 0 Å². The number of carbonyl (C=O) groups excluding carboxylic acids is 2. The normalized spacial score (nSPS) is 15.9. The monoisotopic (exact) mass is 485 g/mol. The van der Waals surface area contributed by atoms with Crippen molar-refractivity contribution in [2.75, 3.05) is 26.4 Å². The fourth-order valence-electron chi connectivity index (χ4n) is 3.61. The summed E-state index contributed by atoms with van der Waals surface area (Å²) in [6.07, 6.45) is -0.671. The molecule has 1 aromatic heterocycles. The van der Waals surface area contributed by atoms with Gasteiger partial charge in [0.25, 0.3) is 11.8 Å². The number of nitrogens with one attached hydrogen (secondary N) is 2. The van der Waals surface area contributed by atoms with Gasteiger partial charge >= 0.3 is 6.18 Å². The molecule has 1 unspecified atom stereocenters. The average molecular weight is 485 g/mol. The summed E-state index contributed by atoms with van der Waals surface area (Å²) >= 11 is 0. The van der Waals surface area contributed by atoms with Gasteiger partial charge in [0, 0.05) is 18.7 Å². The van der Waals surface area contributed by atoms with E-state index in [1.165, 1.54) is 28.9 Å². The molecule has 12 heteroatoms. The van der Waals surface area contributed by atoms with E-state index in [0.717, 1.165) is 12.8 Å². The fourth-order valence-corrected chi connectivity index (χ4v) is 3.61. The van der Waals surface area contributed by atoms with Crippen LogP contribution in [0.4, 0.5) is 17.6 Å². The predicted octanol–water partition coefficient (Wildman–Crippen LogP) is 3.15.